The first-order valence-electron chi connectivity index (χ1n) is 6.02. The molecule has 1 saturated heterocycles. The van der Waals surface area contributed by atoms with Crippen LogP contribution in [0.25, 0.3) is 0 Å². The van der Waals surface area contributed by atoms with Gasteiger partial charge in [0, 0.05) is 23.7 Å². The molecule has 0 atom stereocenters. The zero-order chi connectivity index (χ0) is 11.2. The van der Waals surface area contributed by atoms with Gasteiger partial charge in [-0.05, 0) is 43.6 Å². The third-order valence-corrected chi connectivity index (χ3v) is 4.03. The molecule has 0 radical (unpaired) electrons. The van der Waals surface area contributed by atoms with Crippen molar-refractivity contribution in [2.75, 3.05) is 25.4 Å². The van der Waals surface area contributed by atoms with Crippen LogP contribution in [0.4, 0.5) is 0 Å². The van der Waals surface area contributed by atoms with Crippen LogP contribution in [0.1, 0.15) is 18.4 Å². The van der Waals surface area contributed by atoms with Gasteiger partial charge in [-0.25, -0.2) is 0 Å². The minimum absolute atomic E-state index is 0.638. The Morgan fingerprint density at radius 3 is 2.44 bits per heavy atom. The molecule has 1 aliphatic heterocycles. The van der Waals surface area contributed by atoms with Gasteiger partial charge in [-0.3, -0.25) is 0 Å². The van der Waals surface area contributed by atoms with Crippen molar-refractivity contribution in [2.45, 2.75) is 24.3 Å². The predicted octanol–water partition coefficient (Wildman–Crippen LogP) is 2.33. The summed E-state index contributed by atoms with van der Waals surface area (Å²) in [6.45, 7) is 4.46. The van der Waals surface area contributed by atoms with E-state index < -0.39 is 0 Å². The number of hydrogen-bond donors (Lipinski definition) is 1. The average molecular weight is 236 g/mol. The van der Waals surface area contributed by atoms with Gasteiger partial charge in [0.2, 0.25) is 0 Å². The summed E-state index contributed by atoms with van der Waals surface area (Å²) in [6, 6.07) is 8.60. The first-order valence-corrected chi connectivity index (χ1v) is 7.01. The second-order valence-corrected chi connectivity index (χ2v) is 5.41. The van der Waals surface area contributed by atoms with E-state index in [4.69, 9.17) is 5.73 Å². The zero-order valence-electron chi connectivity index (χ0n) is 9.69. The van der Waals surface area contributed by atoms with Crippen LogP contribution in [0.15, 0.2) is 29.2 Å². The van der Waals surface area contributed by atoms with Crippen LogP contribution in [-0.4, -0.2) is 30.3 Å². The molecule has 0 aromatic heterocycles. The second-order valence-electron chi connectivity index (χ2n) is 4.25. The number of thioether (sulfide) groups is 1. The lowest BCUT2D eigenvalue weighted by Gasteiger charge is -2.13. The molecule has 0 aliphatic carbocycles. The van der Waals surface area contributed by atoms with E-state index in [-0.39, 0.29) is 0 Å². The summed E-state index contributed by atoms with van der Waals surface area (Å²) in [7, 11) is 0. The number of likely N-dealkylation sites (tertiary alicyclic amines) is 1. The summed E-state index contributed by atoms with van der Waals surface area (Å²) in [6.07, 6.45) is 2.77. The van der Waals surface area contributed by atoms with Crippen molar-refractivity contribution >= 4 is 11.8 Å². The highest BCUT2D eigenvalue weighted by Crippen LogP contribution is 2.19. The first-order chi connectivity index (χ1) is 7.88. The number of hydrogen-bond acceptors (Lipinski definition) is 3. The van der Waals surface area contributed by atoms with Gasteiger partial charge in [0.15, 0.2) is 0 Å². The van der Waals surface area contributed by atoms with E-state index in [9.17, 15) is 0 Å². The molecule has 1 aliphatic rings. The van der Waals surface area contributed by atoms with Gasteiger partial charge in [0.25, 0.3) is 0 Å². The molecule has 0 unspecified atom stereocenters. The highest BCUT2D eigenvalue weighted by molar-refractivity contribution is 7.99. The van der Waals surface area contributed by atoms with Crippen molar-refractivity contribution in [3.63, 3.8) is 0 Å². The molecule has 16 heavy (non-hydrogen) atoms. The van der Waals surface area contributed by atoms with Gasteiger partial charge in [0.05, 0.1) is 0 Å². The largest absolute Gasteiger partial charge is 0.326 e. The maximum atomic E-state index is 5.57. The van der Waals surface area contributed by atoms with Gasteiger partial charge >= 0.3 is 0 Å². The second kappa shape index (κ2) is 6.28. The summed E-state index contributed by atoms with van der Waals surface area (Å²) in [5.41, 5.74) is 6.78. The molecule has 1 fully saturated rings. The Kier molecular flexibility index (Phi) is 4.69. The molecule has 1 heterocycles. The lowest BCUT2D eigenvalue weighted by Crippen LogP contribution is -2.21. The van der Waals surface area contributed by atoms with E-state index in [0.717, 1.165) is 0 Å². The average Bonchev–Trinajstić information content (AvgIpc) is 2.83. The van der Waals surface area contributed by atoms with Crippen molar-refractivity contribution in [3.05, 3.63) is 29.8 Å². The van der Waals surface area contributed by atoms with Crippen molar-refractivity contribution in [1.82, 2.24) is 4.90 Å². The Bertz CT molecular complexity index is 304. The fraction of sp³-hybridized carbons (Fsp3) is 0.538. The lowest BCUT2D eigenvalue weighted by atomic mass is 10.2. The Balaban J connectivity index is 1.71. The van der Waals surface area contributed by atoms with Gasteiger partial charge in [0.1, 0.15) is 0 Å². The molecule has 1 aromatic rings. The van der Waals surface area contributed by atoms with E-state index in [1.54, 1.807) is 0 Å². The third-order valence-electron chi connectivity index (χ3n) is 3.03. The molecule has 0 spiro atoms. The van der Waals surface area contributed by atoms with Crippen molar-refractivity contribution in [3.8, 4) is 0 Å². The van der Waals surface area contributed by atoms with E-state index in [1.165, 1.54) is 48.7 Å². The number of benzene rings is 1. The lowest BCUT2D eigenvalue weighted by molar-refractivity contribution is 0.362. The van der Waals surface area contributed by atoms with Crippen LogP contribution in [0.5, 0.6) is 0 Å². The maximum absolute atomic E-state index is 5.57. The van der Waals surface area contributed by atoms with Crippen LogP contribution in [-0.2, 0) is 6.54 Å². The molecule has 3 heteroatoms. The summed E-state index contributed by atoms with van der Waals surface area (Å²) >= 11 is 1.94. The van der Waals surface area contributed by atoms with Gasteiger partial charge in [-0.2, -0.15) is 0 Å². The smallest absolute Gasteiger partial charge is 0.0178 e. The maximum Gasteiger partial charge on any atom is 0.0178 e. The van der Waals surface area contributed by atoms with Crippen LogP contribution in [0, 0.1) is 0 Å². The number of nitrogens with zero attached hydrogens (tertiary/aromatic N) is 1. The van der Waals surface area contributed by atoms with Crippen molar-refractivity contribution in [2.24, 2.45) is 5.73 Å². The van der Waals surface area contributed by atoms with Gasteiger partial charge in [-0.1, -0.05) is 12.1 Å². The zero-order valence-corrected chi connectivity index (χ0v) is 10.5. The highest BCUT2D eigenvalue weighted by atomic mass is 32.2. The van der Waals surface area contributed by atoms with Crippen molar-refractivity contribution in [1.29, 1.82) is 0 Å². The standard InChI is InChI=1S/C13H20N2S/c14-11-12-3-5-13(6-4-12)16-10-9-15-7-1-2-8-15/h3-6H,1-2,7-11,14H2. The predicted molar refractivity (Wildman–Crippen MR) is 70.7 cm³/mol. The van der Waals surface area contributed by atoms with Crippen LogP contribution in [0.2, 0.25) is 0 Å². The topological polar surface area (TPSA) is 29.3 Å². The molecule has 0 amide bonds. The van der Waals surface area contributed by atoms with E-state index >= 15 is 0 Å². The Morgan fingerprint density at radius 1 is 1.12 bits per heavy atom. The number of nitrogens with two attached hydrogens (primary N) is 1. The first kappa shape index (κ1) is 12.0. The fourth-order valence-electron chi connectivity index (χ4n) is 2.02. The SMILES string of the molecule is NCc1ccc(SCCN2CCCC2)cc1. The monoisotopic (exact) mass is 236 g/mol. The van der Waals surface area contributed by atoms with Gasteiger partial charge in [-0.15, -0.1) is 11.8 Å². The minimum Gasteiger partial charge on any atom is -0.326 e. The van der Waals surface area contributed by atoms with Crippen LogP contribution in [0.3, 0.4) is 0 Å². The van der Waals surface area contributed by atoms with E-state index in [0.29, 0.717) is 6.54 Å². The Hall–Kier alpha value is -0.510. The quantitative estimate of drug-likeness (QED) is 0.796. The van der Waals surface area contributed by atoms with Gasteiger partial charge < -0.3 is 10.6 Å². The normalized spacial score (nSPS) is 16.8. The molecular formula is C13H20N2S. The van der Waals surface area contributed by atoms with Crippen LogP contribution < -0.4 is 5.73 Å². The number of rotatable bonds is 5. The molecule has 0 bridgehead atoms. The molecule has 2 rings (SSSR count). The van der Waals surface area contributed by atoms with E-state index in [1.807, 2.05) is 11.8 Å². The highest BCUT2D eigenvalue weighted by Gasteiger charge is 2.10. The molecule has 88 valence electrons. The summed E-state index contributed by atoms with van der Waals surface area (Å²) in [5, 5.41) is 0. The Morgan fingerprint density at radius 2 is 1.81 bits per heavy atom. The van der Waals surface area contributed by atoms with Crippen molar-refractivity contribution < 1.29 is 0 Å². The third kappa shape index (κ3) is 3.51. The Labute approximate surface area is 102 Å². The molecule has 1 aromatic carbocycles. The summed E-state index contributed by atoms with van der Waals surface area (Å²) < 4.78 is 0. The fourth-order valence-corrected chi connectivity index (χ4v) is 2.93. The molecule has 2 nitrogen and oxygen atoms in total. The summed E-state index contributed by atoms with van der Waals surface area (Å²) in [5.74, 6) is 1.20. The van der Waals surface area contributed by atoms with Crippen LogP contribution >= 0.6 is 11.8 Å². The van der Waals surface area contributed by atoms with E-state index in [2.05, 4.69) is 29.2 Å². The minimum atomic E-state index is 0.638. The summed E-state index contributed by atoms with van der Waals surface area (Å²) in [4.78, 5) is 3.91. The molecule has 2 N–H and O–H groups in total. The molecule has 0 saturated carbocycles. The molecular weight excluding hydrogens is 216 g/mol.